The third-order valence-electron chi connectivity index (χ3n) is 2.18. The van der Waals surface area contributed by atoms with Crippen LogP contribution in [0.4, 0.5) is 0 Å². The Bertz CT molecular complexity index is 325. The van der Waals surface area contributed by atoms with Crippen LogP contribution in [-0.2, 0) is 4.79 Å². The number of rotatable bonds is 4. The van der Waals surface area contributed by atoms with Crippen molar-refractivity contribution in [2.24, 2.45) is 0 Å². The van der Waals surface area contributed by atoms with Crippen LogP contribution in [0.3, 0.4) is 0 Å². The summed E-state index contributed by atoms with van der Waals surface area (Å²) >= 11 is 0. The molecule has 2 heteroatoms. The maximum Gasteiger partial charge on any atom is 0.304 e. The van der Waals surface area contributed by atoms with Crippen LogP contribution in [0.25, 0.3) is 0 Å². The number of aryl methyl sites for hydroxylation is 1. The summed E-state index contributed by atoms with van der Waals surface area (Å²) in [7, 11) is 0. The van der Waals surface area contributed by atoms with Gasteiger partial charge in [-0.1, -0.05) is 35.9 Å². The molecule has 0 aliphatic rings. The van der Waals surface area contributed by atoms with E-state index in [9.17, 15) is 4.79 Å². The van der Waals surface area contributed by atoms with Gasteiger partial charge in [0.15, 0.2) is 0 Å². The van der Waals surface area contributed by atoms with Crippen LogP contribution in [-0.4, -0.2) is 11.1 Å². The Balaban J connectivity index is 2.84. The first-order chi connectivity index (χ1) is 6.63. The van der Waals surface area contributed by atoms with Gasteiger partial charge in [0, 0.05) is 5.92 Å². The Kier molecular flexibility index (Phi) is 3.46. The first kappa shape index (κ1) is 10.5. The summed E-state index contributed by atoms with van der Waals surface area (Å²) in [5, 5.41) is 8.68. The first-order valence-corrected chi connectivity index (χ1v) is 4.54. The zero-order chi connectivity index (χ0) is 10.6. The molecule has 0 saturated carbocycles. The molecule has 0 heterocycles. The van der Waals surface area contributed by atoms with Gasteiger partial charge in [-0.2, -0.15) is 0 Å². The molecule has 0 radical (unpaired) electrons. The molecule has 1 rings (SSSR count). The van der Waals surface area contributed by atoms with Crippen molar-refractivity contribution in [3.05, 3.63) is 48.0 Å². The molecular formula is C12H14O2. The molecule has 0 aromatic heterocycles. The highest BCUT2D eigenvalue weighted by Gasteiger charge is 2.11. The number of hydrogen-bond acceptors (Lipinski definition) is 1. The molecule has 14 heavy (non-hydrogen) atoms. The minimum absolute atomic E-state index is 0.0897. The Hall–Kier alpha value is -1.57. The number of carboxylic acid groups (broad SMARTS) is 1. The van der Waals surface area contributed by atoms with Gasteiger partial charge in [0.1, 0.15) is 0 Å². The lowest BCUT2D eigenvalue weighted by atomic mass is 9.95. The van der Waals surface area contributed by atoms with Crippen molar-refractivity contribution in [2.45, 2.75) is 19.3 Å². The molecule has 0 bridgehead atoms. The first-order valence-electron chi connectivity index (χ1n) is 4.54. The van der Waals surface area contributed by atoms with Crippen molar-refractivity contribution in [1.82, 2.24) is 0 Å². The average molecular weight is 190 g/mol. The maximum absolute atomic E-state index is 10.6. The van der Waals surface area contributed by atoms with Crippen LogP contribution in [0, 0.1) is 6.92 Å². The standard InChI is InChI=1S/C12H14O2/c1-3-10(8-12(13)14)11-6-4-9(2)5-7-11/h3-7,10H,1,8H2,2H3,(H,13,14). The number of aliphatic carboxylic acids is 1. The van der Waals surface area contributed by atoms with E-state index in [1.165, 1.54) is 5.56 Å². The zero-order valence-electron chi connectivity index (χ0n) is 8.23. The summed E-state index contributed by atoms with van der Waals surface area (Å²) in [4.78, 5) is 10.6. The molecule has 2 nitrogen and oxygen atoms in total. The van der Waals surface area contributed by atoms with Gasteiger partial charge in [-0.25, -0.2) is 0 Å². The molecule has 1 aromatic carbocycles. The van der Waals surface area contributed by atoms with Crippen molar-refractivity contribution < 1.29 is 9.90 Å². The second-order valence-corrected chi connectivity index (χ2v) is 3.35. The van der Waals surface area contributed by atoms with Gasteiger partial charge in [-0.3, -0.25) is 4.79 Å². The van der Waals surface area contributed by atoms with Crippen LogP contribution in [0.5, 0.6) is 0 Å². The van der Waals surface area contributed by atoms with Crippen molar-refractivity contribution in [3.63, 3.8) is 0 Å². The molecule has 1 aromatic rings. The Morgan fingerprint density at radius 1 is 1.50 bits per heavy atom. The summed E-state index contributed by atoms with van der Waals surface area (Å²) < 4.78 is 0. The highest BCUT2D eigenvalue weighted by atomic mass is 16.4. The summed E-state index contributed by atoms with van der Waals surface area (Å²) in [5.41, 5.74) is 2.18. The fourth-order valence-electron chi connectivity index (χ4n) is 1.34. The van der Waals surface area contributed by atoms with Crippen molar-refractivity contribution in [2.75, 3.05) is 0 Å². The molecule has 1 unspecified atom stereocenters. The Morgan fingerprint density at radius 2 is 2.07 bits per heavy atom. The molecule has 74 valence electrons. The largest absolute Gasteiger partial charge is 0.481 e. The smallest absolute Gasteiger partial charge is 0.304 e. The quantitative estimate of drug-likeness (QED) is 0.741. The van der Waals surface area contributed by atoms with E-state index >= 15 is 0 Å². The van der Waals surface area contributed by atoms with E-state index in [0.29, 0.717) is 0 Å². The lowest BCUT2D eigenvalue weighted by molar-refractivity contribution is -0.137. The summed E-state index contributed by atoms with van der Waals surface area (Å²) in [5.74, 6) is -0.886. The van der Waals surface area contributed by atoms with Gasteiger partial charge in [-0.05, 0) is 12.5 Å². The maximum atomic E-state index is 10.6. The third kappa shape index (κ3) is 2.73. The molecule has 0 saturated heterocycles. The van der Waals surface area contributed by atoms with Gasteiger partial charge in [0.25, 0.3) is 0 Å². The van der Waals surface area contributed by atoms with Crippen LogP contribution in [0.2, 0.25) is 0 Å². The lowest BCUT2D eigenvalue weighted by Gasteiger charge is -2.09. The van der Waals surface area contributed by atoms with Gasteiger partial charge in [0.2, 0.25) is 0 Å². The van der Waals surface area contributed by atoms with Crippen LogP contribution in [0.1, 0.15) is 23.5 Å². The molecule has 0 spiro atoms. The zero-order valence-corrected chi connectivity index (χ0v) is 8.23. The molecule has 0 fully saturated rings. The van der Waals surface area contributed by atoms with E-state index in [2.05, 4.69) is 6.58 Å². The fraction of sp³-hybridized carbons (Fsp3) is 0.250. The molecular weight excluding hydrogens is 176 g/mol. The van der Waals surface area contributed by atoms with Crippen LogP contribution < -0.4 is 0 Å². The van der Waals surface area contributed by atoms with Crippen molar-refractivity contribution in [3.8, 4) is 0 Å². The number of benzene rings is 1. The van der Waals surface area contributed by atoms with Gasteiger partial charge in [0.05, 0.1) is 6.42 Å². The van der Waals surface area contributed by atoms with E-state index in [0.717, 1.165) is 5.56 Å². The topological polar surface area (TPSA) is 37.3 Å². The van der Waals surface area contributed by atoms with Gasteiger partial charge >= 0.3 is 5.97 Å². The second kappa shape index (κ2) is 4.61. The number of carboxylic acids is 1. The Labute approximate surface area is 83.9 Å². The lowest BCUT2D eigenvalue weighted by Crippen LogP contribution is -2.03. The average Bonchev–Trinajstić information content (AvgIpc) is 2.15. The van der Waals surface area contributed by atoms with Gasteiger partial charge < -0.3 is 5.11 Å². The van der Waals surface area contributed by atoms with Gasteiger partial charge in [-0.15, -0.1) is 6.58 Å². The predicted octanol–water partition coefficient (Wildman–Crippen LogP) is 2.74. The molecule has 0 aliphatic heterocycles. The summed E-state index contributed by atoms with van der Waals surface area (Å²) in [6.07, 6.45) is 1.78. The molecule has 1 atom stereocenters. The number of carbonyl (C=O) groups is 1. The summed E-state index contributed by atoms with van der Waals surface area (Å²) in [6.45, 7) is 5.65. The Morgan fingerprint density at radius 3 is 2.50 bits per heavy atom. The second-order valence-electron chi connectivity index (χ2n) is 3.35. The van der Waals surface area contributed by atoms with E-state index in [1.807, 2.05) is 31.2 Å². The van der Waals surface area contributed by atoms with Crippen LogP contribution in [0.15, 0.2) is 36.9 Å². The van der Waals surface area contributed by atoms with Crippen molar-refractivity contribution >= 4 is 5.97 Å². The highest BCUT2D eigenvalue weighted by molar-refractivity contribution is 5.68. The predicted molar refractivity (Wildman–Crippen MR) is 56.4 cm³/mol. The fourth-order valence-corrected chi connectivity index (χ4v) is 1.34. The van der Waals surface area contributed by atoms with E-state index in [1.54, 1.807) is 6.08 Å². The minimum Gasteiger partial charge on any atom is -0.481 e. The van der Waals surface area contributed by atoms with E-state index < -0.39 is 5.97 Å². The molecule has 0 aliphatic carbocycles. The summed E-state index contributed by atoms with van der Waals surface area (Å²) in [6, 6.07) is 7.86. The third-order valence-corrected chi connectivity index (χ3v) is 2.18. The van der Waals surface area contributed by atoms with Crippen LogP contribution >= 0.6 is 0 Å². The number of hydrogen-bond donors (Lipinski definition) is 1. The minimum atomic E-state index is -0.796. The molecule has 1 N–H and O–H groups in total. The normalized spacial score (nSPS) is 12.1. The van der Waals surface area contributed by atoms with E-state index in [-0.39, 0.29) is 12.3 Å². The molecule has 0 amide bonds. The van der Waals surface area contributed by atoms with Crippen molar-refractivity contribution in [1.29, 1.82) is 0 Å². The monoisotopic (exact) mass is 190 g/mol. The number of allylic oxidation sites excluding steroid dienone is 1. The SMILES string of the molecule is C=CC(CC(=O)O)c1ccc(C)cc1. The highest BCUT2D eigenvalue weighted by Crippen LogP contribution is 2.20. The van der Waals surface area contributed by atoms with E-state index in [4.69, 9.17) is 5.11 Å².